The number of aromatic nitrogens is 4. The summed E-state index contributed by atoms with van der Waals surface area (Å²) in [5.74, 6) is 0.502. The molecule has 0 bridgehead atoms. The molecular weight excluding hydrogens is 420 g/mol. The Kier molecular flexibility index (Phi) is 6.77. The van der Waals surface area contributed by atoms with E-state index in [9.17, 15) is 14.1 Å². The lowest BCUT2D eigenvalue weighted by atomic mass is 10.1. The second-order valence-corrected chi connectivity index (χ2v) is 9.15. The molecule has 0 spiro atoms. The van der Waals surface area contributed by atoms with Gasteiger partial charge in [0.05, 0.1) is 12.1 Å². The molecule has 0 radical (unpaired) electrons. The fraction of sp³-hybridized carbons (Fsp3) is 0.450. The molecule has 0 saturated heterocycles. The summed E-state index contributed by atoms with van der Waals surface area (Å²) in [7, 11) is 0. The Morgan fingerprint density at radius 3 is 2.77 bits per heavy atom. The Hall–Kier alpha value is -2.76. The van der Waals surface area contributed by atoms with Crippen molar-refractivity contribution in [3.63, 3.8) is 0 Å². The van der Waals surface area contributed by atoms with E-state index in [2.05, 4.69) is 25.2 Å². The van der Waals surface area contributed by atoms with Gasteiger partial charge in [-0.25, -0.2) is 9.71 Å². The lowest BCUT2D eigenvalue weighted by Crippen LogP contribution is -2.46. The van der Waals surface area contributed by atoms with Gasteiger partial charge in [-0.15, -0.1) is 5.10 Å². The SMILES string of the molecule is Cc1cc2nc(C(C)CNS(=O)Oc3cc(C(=O)NC(C)(C)CO)ccc3C)nn2[nH]1. The summed E-state index contributed by atoms with van der Waals surface area (Å²) in [5.41, 5.74) is 2.02. The van der Waals surface area contributed by atoms with Crippen LogP contribution in [-0.4, -0.2) is 53.7 Å². The second kappa shape index (κ2) is 9.16. The highest BCUT2D eigenvalue weighted by Crippen LogP contribution is 2.21. The van der Waals surface area contributed by atoms with Crippen LogP contribution in [0.1, 0.15) is 54.1 Å². The summed E-state index contributed by atoms with van der Waals surface area (Å²) in [5, 5.41) is 19.5. The van der Waals surface area contributed by atoms with E-state index in [1.165, 1.54) is 6.07 Å². The zero-order valence-electron chi connectivity index (χ0n) is 18.2. The van der Waals surface area contributed by atoms with Crippen LogP contribution in [0.3, 0.4) is 0 Å². The summed E-state index contributed by atoms with van der Waals surface area (Å²) in [6, 6.07) is 6.79. The molecule has 10 nitrogen and oxygen atoms in total. The van der Waals surface area contributed by atoms with Gasteiger partial charge in [-0.05, 0) is 45.4 Å². The largest absolute Gasteiger partial charge is 0.394 e. The second-order valence-electron chi connectivity index (χ2n) is 8.22. The Balaban J connectivity index is 1.60. The zero-order valence-corrected chi connectivity index (χ0v) is 19.0. The van der Waals surface area contributed by atoms with Crippen molar-refractivity contribution >= 4 is 22.8 Å². The van der Waals surface area contributed by atoms with Gasteiger partial charge in [-0.3, -0.25) is 9.89 Å². The number of rotatable bonds is 9. The Labute approximate surface area is 183 Å². The number of nitrogens with one attached hydrogen (secondary N) is 3. The number of aromatic amines is 1. The first-order chi connectivity index (χ1) is 14.6. The molecule has 4 N–H and O–H groups in total. The van der Waals surface area contributed by atoms with Crippen molar-refractivity contribution in [2.24, 2.45) is 0 Å². The molecule has 2 unspecified atom stereocenters. The molecule has 0 fully saturated rings. The number of aryl methyl sites for hydroxylation is 2. The lowest BCUT2D eigenvalue weighted by Gasteiger charge is -2.23. The smallest absolute Gasteiger partial charge is 0.288 e. The van der Waals surface area contributed by atoms with Crippen LogP contribution in [-0.2, 0) is 11.3 Å². The molecule has 3 aromatic rings. The molecule has 0 aliphatic heterocycles. The third kappa shape index (κ3) is 5.69. The normalized spacial score (nSPS) is 13.9. The number of H-pyrrole nitrogens is 1. The van der Waals surface area contributed by atoms with Gasteiger partial charge >= 0.3 is 0 Å². The van der Waals surface area contributed by atoms with Crippen LogP contribution in [0.4, 0.5) is 0 Å². The van der Waals surface area contributed by atoms with E-state index in [1.807, 2.05) is 19.9 Å². The molecule has 0 saturated carbocycles. The quantitative estimate of drug-likeness (QED) is 0.392. The van der Waals surface area contributed by atoms with Gasteiger partial charge in [-0.1, -0.05) is 13.0 Å². The van der Waals surface area contributed by atoms with E-state index < -0.39 is 16.8 Å². The molecule has 1 amide bonds. The van der Waals surface area contributed by atoms with Crippen molar-refractivity contribution < 1.29 is 18.3 Å². The summed E-state index contributed by atoms with van der Waals surface area (Å²) >= 11 is -1.82. The van der Waals surface area contributed by atoms with Crippen molar-refractivity contribution in [1.29, 1.82) is 0 Å². The van der Waals surface area contributed by atoms with Crippen molar-refractivity contribution in [3.05, 3.63) is 46.9 Å². The standard InChI is InChI=1S/C20H28N6O4S/c1-12-6-7-15(19(28)23-20(4,5)11-27)9-16(12)30-31(29)21-10-13(2)18-22-17-8-14(3)24-26(17)25-18/h6-9,13,21,24,27H,10-11H2,1-5H3,(H,23,28). The maximum absolute atomic E-state index is 12.4. The number of nitrogens with zero attached hydrogens (tertiary/aromatic N) is 3. The Morgan fingerprint density at radius 2 is 2.10 bits per heavy atom. The van der Waals surface area contributed by atoms with Crippen LogP contribution < -0.4 is 14.2 Å². The zero-order chi connectivity index (χ0) is 22.8. The summed E-state index contributed by atoms with van der Waals surface area (Å²) in [6.07, 6.45) is 0. The van der Waals surface area contributed by atoms with Crippen LogP contribution in [0.25, 0.3) is 5.65 Å². The fourth-order valence-electron chi connectivity index (χ4n) is 2.76. The first-order valence-electron chi connectivity index (χ1n) is 9.88. The summed E-state index contributed by atoms with van der Waals surface area (Å²) < 4.78 is 22.4. The van der Waals surface area contributed by atoms with Crippen molar-refractivity contribution in [1.82, 2.24) is 29.9 Å². The van der Waals surface area contributed by atoms with Crippen molar-refractivity contribution in [2.75, 3.05) is 13.2 Å². The summed E-state index contributed by atoms with van der Waals surface area (Å²) in [6.45, 7) is 9.22. The topological polar surface area (TPSA) is 134 Å². The van der Waals surface area contributed by atoms with E-state index in [0.717, 1.165) is 16.9 Å². The van der Waals surface area contributed by atoms with Gasteiger partial charge in [0.2, 0.25) is 0 Å². The molecule has 168 valence electrons. The number of carbonyl (C=O) groups excluding carboxylic acids is 1. The molecule has 2 heterocycles. The highest BCUT2D eigenvalue weighted by molar-refractivity contribution is 7.78. The van der Waals surface area contributed by atoms with E-state index in [-0.39, 0.29) is 18.4 Å². The molecule has 1 aromatic carbocycles. The number of hydrogen-bond donors (Lipinski definition) is 4. The number of benzene rings is 1. The molecule has 0 aliphatic carbocycles. The molecule has 0 aliphatic rings. The minimum absolute atomic E-state index is 0.0971. The van der Waals surface area contributed by atoms with Crippen LogP contribution in [0, 0.1) is 13.8 Å². The van der Waals surface area contributed by atoms with Crippen LogP contribution >= 0.6 is 0 Å². The predicted molar refractivity (Wildman–Crippen MR) is 117 cm³/mol. The number of amides is 1. The van der Waals surface area contributed by atoms with E-state index in [4.69, 9.17) is 4.18 Å². The summed E-state index contributed by atoms with van der Waals surface area (Å²) in [4.78, 5) is 16.9. The first-order valence-corrected chi connectivity index (χ1v) is 11.0. The number of fused-ring (bicyclic) bond motifs is 1. The fourth-order valence-corrected chi connectivity index (χ4v) is 3.55. The Bertz CT molecular complexity index is 1070. The maximum Gasteiger partial charge on any atom is 0.288 e. The average Bonchev–Trinajstić information content (AvgIpc) is 3.25. The van der Waals surface area contributed by atoms with Gasteiger partial charge < -0.3 is 14.6 Å². The first kappa shape index (κ1) is 22.9. The van der Waals surface area contributed by atoms with Gasteiger partial charge in [-0.2, -0.15) is 8.84 Å². The van der Waals surface area contributed by atoms with Crippen LogP contribution in [0.2, 0.25) is 0 Å². The molecule has 31 heavy (non-hydrogen) atoms. The van der Waals surface area contributed by atoms with Crippen molar-refractivity contribution in [2.45, 2.75) is 46.1 Å². The minimum atomic E-state index is -1.82. The van der Waals surface area contributed by atoms with Crippen LogP contribution in [0.5, 0.6) is 5.75 Å². The molecule has 3 rings (SSSR count). The van der Waals surface area contributed by atoms with Crippen LogP contribution in [0.15, 0.2) is 24.3 Å². The number of aliphatic hydroxyl groups excluding tert-OH is 1. The van der Waals surface area contributed by atoms with Gasteiger partial charge in [0.15, 0.2) is 11.5 Å². The number of hydrogen-bond acceptors (Lipinski definition) is 6. The highest BCUT2D eigenvalue weighted by Gasteiger charge is 2.21. The van der Waals surface area contributed by atoms with E-state index in [1.54, 1.807) is 37.5 Å². The monoisotopic (exact) mass is 448 g/mol. The number of carbonyl (C=O) groups is 1. The maximum atomic E-state index is 12.4. The van der Waals surface area contributed by atoms with E-state index >= 15 is 0 Å². The molecule has 2 aromatic heterocycles. The Morgan fingerprint density at radius 1 is 1.35 bits per heavy atom. The third-order valence-corrected chi connectivity index (χ3v) is 5.42. The molecule has 11 heteroatoms. The highest BCUT2D eigenvalue weighted by atomic mass is 32.2. The van der Waals surface area contributed by atoms with Gasteiger partial charge in [0, 0.05) is 29.8 Å². The van der Waals surface area contributed by atoms with E-state index in [0.29, 0.717) is 23.7 Å². The number of aliphatic hydroxyl groups is 1. The van der Waals surface area contributed by atoms with Gasteiger partial charge in [0.25, 0.3) is 17.2 Å². The van der Waals surface area contributed by atoms with Crippen molar-refractivity contribution in [3.8, 4) is 5.75 Å². The minimum Gasteiger partial charge on any atom is -0.394 e. The third-order valence-electron chi connectivity index (χ3n) is 4.69. The van der Waals surface area contributed by atoms with Gasteiger partial charge in [0.1, 0.15) is 5.75 Å². The lowest BCUT2D eigenvalue weighted by molar-refractivity contribution is 0.0869. The molecule has 2 atom stereocenters. The average molecular weight is 449 g/mol. The molecular formula is C20H28N6O4S. The predicted octanol–water partition coefficient (Wildman–Crippen LogP) is 1.53.